The van der Waals surface area contributed by atoms with Gasteiger partial charge in [0.2, 0.25) is 0 Å². The minimum Gasteiger partial charge on any atom is -0.323 e. The number of rotatable bonds is 4. The lowest BCUT2D eigenvalue weighted by Crippen LogP contribution is -2.16. The van der Waals surface area contributed by atoms with Crippen LogP contribution in [0.4, 0.5) is 0 Å². The first-order chi connectivity index (χ1) is 7.75. The molecule has 16 heavy (non-hydrogen) atoms. The minimum absolute atomic E-state index is 0.139. The lowest BCUT2D eigenvalue weighted by molar-refractivity contribution is 0.515. The molecule has 2 rings (SSSR count). The molecular weight excluding hydrogens is 218 g/mol. The van der Waals surface area contributed by atoms with Gasteiger partial charge in [-0.1, -0.05) is 19.3 Å². The summed E-state index contributed by atoms with van der Waals surface area (Å²) in [7, 11) is 1.94. The van der Waals surface area contributed by atoms with E-state index in [-0.39, 0.29) is 6.04 Å². The molecule has 90 valence electrons. The molecule has 3 nitrogen and oxygen atoms in total. The number of hydrogen-bond acceptors (Lipinski definition) is 3. The van der Waals surface area contributed by atoms with E-state index in [2.05, 4.69) is 5.10 Å². The Morgan fingerprint density at radius 2 is 2.25 bits per heavy atom. The zero-order valence-corrected chi connectivity index (χ0v) is 10.7. The fraction of sp³-hybridized carbons (Fsp3) is 0.750. The van der Waals surface area contributed by atoms with Crippen LogP contribution in [-0.4, -0.2) is 20.8 Å². The quantitative estimate of drug-likeness (QED) is 0.878. The first kappa shape index (κ1) is 12.0. The fourth-order valence-corrected chi connectivity index (χ4v) is 3.54. The third-order valence-electron chi connectivity index (χ3n) is 3.22. The molecule has 0 amide bonds. The molecule has 1 heterocycles. The SMILES string of the molecule is Cn1cc(C(N)CSC2CCCCC2)cn1. The Hall–Kier alpha value is -0.480. The van der Waals surface area contributed by atoms with Gasteiger partial charge in [-0.05, 0) is 12.8 Å². The van der Waals surface area contributed by atoms with Gasteiger partial charge in [0.15, 0.2) is 0 Å². The largest absolute Gasteiger partial charge is 0.323 e. The van der Waals surface area contributed by atoms with E-state index in [1.54, 1.807) is 0 Å². The molecule has 0 radical (unpaired) electrons. The average Bonchev–Trinajstić information content (AvgIpc) is 2.74. The van der Waals surface area contributed by atoms with Crippen molar-refractivity contribution >= 4 is 11.8 Å². The van der Waals surface area contributed by atoms with Crippen molar-refractivity contribution in [2.45, 2.75) is 43.4 Å². The molecule has 2 N–H and O–H groups in total. The molecular formula is C12H21N3S. The van der Waals surface area contributed by atoms with Gasteiger partial charge in [-0.3, -0.25) is 4.68 Å². The van der Waals surface area contributed by atoms with Gasteiger partial charge in [0.25, 0.3) is 0 Å². The van der Waals surface area contributed by atoms with Gasteiger partial charge in [0.1, 0.15) is 0 Å². The smallest absolute Gasteiger partial charge is 0.0537 e. The molecule has 1 aliphatic carbocycles. The van der Waals surface area contributed by atoms with E-state index in [9.17, 15) is 0 Å². The molecule has 1 aliphatic rings. The topological polar surface area (TPSA) is 43.8 Å². The lowest BCUT2D eigenvalue weighted by atomic mass is 10.0. The molecule has 1 atom stereocenters. The number of aromatic nitrogens is 2. The molecule has 0 saturated heterocycles. The summed E-state index contributed by atoms with van der Waals surface area (Å²) in [6.45, 7) is 0. The van der Waals surface area contributed by atoms with Gasteiger partial charge in [-0.15, -0.1) is 0 Å². The summed E-state index contributed by atoms with van der Waals surface area (Å²) in [6.07, 6.45) is 10.9. The highest BCUT2D eigenvalue weighted by molar-refractivity contribution is 7.99. The first-order valence-corrected chi connectivity index (χ1v) is 7.16. The van der Waals surface area contributed by atoms with Crippen molar-refractivity contribution in [3.8, 4) is 0 Å². The van der Waals surface area contributed by atoms with Crippen molar-refractivity contribution in [1.82, 2.24) is 9.78 Å². The van der Waals surface area contributed by atoms with Crippen molar-refractivity contribution in [2.75, 3.05) is 5.75 Å². The van der Waals surface area contributed by atoms with Crippen LogP contribution in [0.2, 0.25) is 0 Å². The van der Waals surface area contributed by atoms with Gasteiger partial charge >= 0.3 is 0 Å². The van der Waals surface area contributed by atoms with Crippen molar-refractivity contribution in [2.24, 2.45) is 12.8 Å². The van der Waals surface area contributed by atoms with Gasteiger partial charge < -0.3 is 5.73 Å². The van der Waals surface area contributed by atoms with E-state index < -0.39 is 0 Å². The Labute approximate surface area is 102 Å². The maximum Gasteiger partial charge on any atom is 0.0537 e. The Kier molecular flexibility index (Phi) is 4.29. The van der Waals surface area contributed by atoms with Gasteiger partial charge in [0.05, 0.1) is 6.20 Å². The molecule has 1 fully saturated rings. The van der Waals surface area contributed by atoms with Crippen LogP contribution >= 0.6 is 11.8 Å². The predicted octanol–water partition coefficient (Wildman–Crippen LogP) is 2.49. The third-order valence-corrected chi connectivity index (χ3v) is 4.71. The number of aryl methyl sites for hydroxylation is 1. The van der Waals surface area contributed by atoms with Crippen molar-refractivity contribution in [1.29, 1.82) is 0 Å². The zero-order valence-electron chi connectivity index (χ0n) is 9.93. The van der Waals surface area contributed by atoms with Crippen LogP contribution in [0.25, 0.3) is 0 Å². The molecule has 0 aliphatic heterocycles. The van der Waals surface area contributed by atoms with Crippen LogP contribution in [0.5, 0.6) is 0 Å². The molecule has 1 aromatic rings. The van der Waals surface area contributed by atoms with Gasteiger partial charge in [0, 0.05) is 35.9 Å². The zero-order chi connectivity index (χ0) is 11.4. The normalized spacial score (nSPS) is 19.9. The maximum atomic E-state index is 6.15. The minimum atomic E-state index is 0.139. The van der Waals surface area contributed by atoms with Gasteiger partial charge in [-0.25, -0.2) is 0 Å². The van der Waals surface area contributed by atoms with Crippen molar-refractivity contribution < 1.29 is 0 Å². The van der Waals surface area contributed by atoms with Gasteiger partial charge in [-0.2, -0.15) is 16.9 Å². The highest BCUT2D eigenvalue weighted by Gasteiger charge is 2.16. The van der Waals surface area contributed by atoms with Crippen LogP contribution in [0, 0.1) is 0 Å². The molecule has 1 unspecified atom stereocenters. The summed E-state index contributed by atoms with van der Waals surface area (Å²) < 4.78 is 1.82. The summed E-state index contributed by atoms with van der Waals surface area (Å²) in [5.74, 6) is 1.02. The van der Waals surface area contributed by atoms with Crippen LogP contribution < -0.4 is 5.73 Å². The summed E-state index contributed by atoms with van der Waals surface area (Å²) in [4.78, 5) is 0. The first-order valence-electron chi connectivity index (χ1n) is 6.11. The second-order valence-corrected chi connectivity index (χ2v) is 5.98. The van der Waals surface area contributed by atoms with E-state index in [4.69, 9.17) is 5.73 Å². The van der Waals surface area contributed by atoms with Crippen molar-refractivity contribution in [3.63, 3.8) is 0 Å². The number of thioether (sulfide) groups is 1. The van der Waals surface area contributed by atoms with E-state index in [0.29, 0.717) is 0 Å². The maximum absolute atomic E-state index is 6.15. The van der Waals surface area contributed by atoms with E-state index in [1.165, 1.54) is 32.1 Å². The Balaban J connectivity index is 1.76. The summed E-state index contributed by atoms with van der Waals surface area (Å²) in [6, 6.07) is 0.139. The summed E-state index contributed by atoms with van der Waals surface area (Å²) in [5, 5.41) is 5.00. The Bertz CT molecular complexity index is 318. The summed E-state index contributed by atoms with van der Waals surface area (Å²) >= 11 is 2.05. The van der Waals surface area contributed by atoms with Crippen LogP contribution in [0.3, 0.4) is 0 Å². The second-order valence-electron chi connectivity index (χ2n) is 4.65. The molecule has 0 spiro atoms. The van der Waals surface area contributed by atoms with E-state index in [1.807, 2.05) is 35.9 Å². The van der Waals surface area contributed by atoms with E-state index in [0.717, 1.165) is 16.6 Å². The number of nitrogens with two attached hydrogens (primary N) is 1. The molecule has 0 aromatic carbocycles. The molecule has 1 saturated carbocycles. The summed E-state index contributed by atoms with van der Waals surface area (Å²) in [5.41, 5.74) is 7.31. The second kappa shape index (κ2) is 5.73. The number of nitrogens with zero attached hydrogens (tertiary/aromatic N) is 2. The standard InChI is InChI=1S/C12H21N3S/c1-15-8-10(7-14-15)12(13)9-16-11-5-3-2-4-6-11/h7-8,11-12H,2-6,9,13H2,1H3. The monoisotopic (exact) mass is 239 g/mol. The molecule has 0 bridgehead atoms. The van der Waals surface area contributed by atoms with E-state index >= 15 is 0 Å². The van der Waals surface area contributed by atoms with Crippen LogP contribution in [0.15, 0.2) is 12.4 Å². The fourth-order valence-electron chi connectivity index (χ4n) is 2.20. The third kappa shape index (κ3) is 3.25. The average molecular weight is 239 g/mol. The number of hydrogen-bond donors (Lipinski definition) is 1. The highest BCUT2D eigenvalue weighted by Crippen LogP contribution is 2.30. The molecule has 4 heteroatoms. The Morgan fingerprint density at radius 1 is 1.50 bits per heavy atom. The Morgan fingerprint density at radius 3 is 2.88 bits per heavy atom. The van der Waals surface area contributed by atoms with Crippen LogP contribution in [-0.2, 0) is 7.05 Å². The lowest BCUT2D eigenvalue weighted by Gasteiger charge is -2.22. The predicted molar refractivity (Wildman–Crippen MR) is 69.5 cm³/mol. The van der Waals surface area contributed by atoms with Crippen molar-refractivity contribution in [3.05, 3.63) is 18.0 Å². The highest BCUT2D eigenvalue weighted by atomic mass is 32.2. The van der Waals surface area contributed by atoms with Crippen LogP contribution in [0.1, 0.15) is 43.7 Å². The molecule has 1 aromatic heterocycles.